The third-order valence-electron chi connectivity index (χ3n) is 5.21. The maximum absolute atomic E-state index is 12.4. The van der Waals surface area contributed by atoms with Gasteiger partial charge in [0.25, 0.3) is 0 Å². The molecule has 1 aliphatic rings. The first-order chi connectivity index (χ1) is 12.6. The molecule has 0 aliphatic heterocycles. The third-order valence-corrected chi connectivity index (χ3v) is 5.21. The number of hydrogen-bond acceptors (Lipinski definition) is 3. The molecule has 0 atom stereocenters. The summed E-state index contributed by atoms with van der Waals surface area (Å²) >= 11 is 0. The normalized spacial score (nSPS) is 15.2. The first kappa shape index (κ1) is 18.5. The molecule has 0 radical (unpaired) electrons. The molecule has 2 aromatic carbocycles. The summed E-state index contributed by atoms with van der Waals surface area (Å²) in [6.45, 7) is 0.848. The number of hydrogen-bond donors (Lipinski definition) is 2. The van der Waals surface area contributed by atoms with Crippen LogP contribution in [-0.4, -0.2) is 29.0 Å². The monoisotopic (exact) mass is 352 g/mol. The fourth-order valence-electron chi connectivity index (χ4n) is 3.69. The van der Waals surface area contributed by atoms with Gasteiger partial charge in [-0.25, -0.2) is 0 Å². The van der Waals surface area contributed by atoms with E-state index in [9.17, 15) is 9.90 Å². The van der Waals surface area contributed by atoms with Gasteiger partial charge in [0.05, 0.1) is 6.42 Å². The van der Waals surface area contributed by atoms with Gasteiger partial charge in [-0.2, -0.15) is 0 Å². The third kappa shape index (κ3) is 5.09. The molecule has 1 saturated carbocycles. The van der Waals surface area contributed by atoms with Crippen LogP contribution in [0.2, 0.25) is 0 Å². The van der Waals surface area contributed by atoms with Crippen LogP contribution < -0.4 is 5.32 Å². The Bertz CT molecular complexity index is 721. The van der Waals surface area contributed by atoms with Crippen molar-refractivity contribution >= 4 is 11.6 Å². The summed E-state index contributed by atoms with van der Waals surface area (Å²) in [7, 11) is 2.19. The Labute approximate surface area is 155 Å². The Kier molecular flexibility index (Phi) is 6.29. The SMILES string of the molecule is CN(Cc1ccccc1NC(=O)Cc1ccc(O)cc1)C1CCCCC1. The van der Waals surface area contributed by atoms with Crippen LogP contribution in [0.5, 0.6) is 5.75 Å². The number of phenolic OH excluding ortho intramolecular Hbond substituents is 1. The zero-order valence-electron chi connectivity index (χ0n) is 15.4. The van der Waals surface area contributed by atoms with Crippen LogP contribution in [0.3, 0.4) is 0 Å². The fraction of sp³-hybridized carbons (Fsp3) is 0.409. The van der Waals surface area contributed by atoms with Crippen LogP contribution >= 0.6 is 0 Å². The van der Waals surface area contributed by atoms with Gasteiger partial charge in [0, 0.05) is 18.3 Å². The Morgan fingerprint density at radius 2 is 1.77 bits per heavy atom. The van der Waals surface area contributed by atoms with Gasteiger partial charge in [-0.05, 0) is 49.2 Å². The van der Waals surface area contributed by atoms with Gasteiger partial charge in [-0.15, -0.1) is 0 Å². The van der Waals surface area contributed by atoms with E-state index in [0.29, 0.717) is 12.5 Å². The highest BCUT2D eigenvalue weighted by molar-refractivity contribution is 5.93. The molecule has 1 fully saturated rings. The van der Waals surface area contributed by atoms with E-state index in [4.69, 9.17) is 0 Å². The van der Waals surface area contributed by atoms with E-state index in [1.165, 1.54) is 32.1 Å². The molecule has 4 heteroatoms. The lowest BCUT2D eigenvalue weighted by Gasteiger charge is -2.31. The Balaban J connectivity index is 1.62. The number of carbonyl (C=O) groups excluding carboxylic acids is 1. The van der Waals surface area contributed by atoms with Crippen molar-refractivity contribution in [2.24, 2.45) is 0 Å². The number of para-hydroxylation sites is 1. The quantitative estimate of drug-likeness (QED) is 0.813. The van der Waals surface area contributed by atoms with Crippen molar-refractivity contribution in [1.29, 1.82) is 0 Å². The average molecular weight is 352 g/mol. The molecule has 1 aliphatic carbocycles. The molecule has 0 unspecified atom stereocenters. The molecule has 0 spiro atoms. The summed E-state index contributed by atoms with van der Waals surface area (Å²) in [6.07, 6.45) is 6.83. The van der Waals surface area contributed by atoms with Crippen molar-refractivity contribution in [2.75, 3.05) is 12.4 Å². The molecule has 2 aromatic rings. The fourth-order valence-corrected chi connectivity index (χ4v) is 3.69. The molecule has 2 N–H and O–H groups in total. The second-order valence-electron chi connectivity index (χ2n) is 7.26. The number of amides is 1. The number of nitrogens with one attached hydrogen (secondary N) is 1. The number of anilines is 1. The second kappa shape index (κ2) is 8.86. The molecule has 0 aromatic heterocycles. The van der Waals surface area contributed by atoms with Crippen molar-refractivity contribution in [2.45, 2.75) is 51.1 Å². The minimum atomic E-state index is -0.0385. The number of phenols is 1. The summed E-state index contributed by atoms with van der Waals surface area (Å²) in [6, 6.07) is 15.5. The highest BCUT2D eigenvalue weighted by Gasteiger charge is 2.19. The maximum Gasteiger partial charge on any atom is 0.228 e. The Hall–Kier alpha value is -2.33. The van der Waals surface area contributed by atoms with E-state index >= 15 is 0 Å². The van der Waals surface area contributed by atoms with Crippen molar-refractivity contribution in [3.8, 4) is 5.75 Å². The van der Waals surface area contributed by atoms with Gasteiger partial charge in [-0.1, -0.05) is 49.6 Å². The van der Waals surface area contributed by atoms with Gasteiger partial charge in [0.1, 0.15) is 5.75 Å². The molecule has 1 amide bonds. The lowest BCUT2D eigenvalue weighted by molar-refractivity contribution is -0.115. The first-order valence-corrected chi connectivity index (χ1v) is 9.48. The predicted octanol–water partition coefficient (Wildman–Crippen LogP) is 4.34. The van der Waals surface area contributed by atoms with E-state index in [0.717, 1.165) is 23.4 Å². The average Bonchev–Trinajstić information content (AvgIpc) is 2.66. The van der Waals surface area contributed by atoms with E-state index in [2.05, 4.69) is 23.3 Å². The van der Waals surface area contributed by atoms with E-state index in [1.54, 1.807) is 24.3 Å². The van der Waals surface area contributed by atoms with E-state index < -0.39 is 0 Å². The Morgan fingerprint density at radius 3 is 2.50 bits per heavy atom. The van der Waals surface area contributed by atoms with Crippen molar-refractivity contribution in [3.63, 3.8) is 0 Å². The zero-order chi connectivity index (χ0) is 18.4. The molecular formula is C22H28N2O2. The molecular weight excluding hydrogens is 324 g/mol. The van der Waals surface area contributed by atoms with Gasteiger partial charge >= 0.3 is 0 Å². The minimum Gasteiger partial charge on any atom is -0.508 e. The molecule has 0 saturated heterocycles. The minimum absolute atomic E-state index is 0.0385. The first-order valence-electron chi connectivity index (χ1n) is 9.48. The molecule has 3 rings (SSSR count). The van der Waals surface area contributed by atoms with Crippen molar-refractivity contribution in [1.82, 2.24) is 4.90 Å². The van der Waals surface area contributed by atoms with E-state index in [1.807, 2.05) is 18.2 Å². The van der Waals surface area contributed by atoms with Gasteiger partial charge in [-0.3, -0.25) is 9.69 Å². The number of aromatic hydroxyl groups is 1. The van der Waals surface area contributed by atoms with Gasteiger partial charge in [0.2, 0.25) is 5.91 Å². The zero-order valence-corrected chi connectivity index (χ0v) is 15.4. The molecule has 138 valence electrons. The molecule has 0 bridgehead atoms. The maximum atomic E-state index is 12.4. The summed E-state index contributed by atoms with van der Waals surface area (Å²) in [5.41, 5.74) is 2.93. The topological polar surface area (TPSA) is 52.6 Å². The number of rotatable bonds is 6. The smallest absolute Gasteiger partial charge is 0.228 e. The van der Waals surface area contributed by atoms with Crippen LogP contribution in [0.4, 0.5) is 5.69 Å². The summed E-state index contributed by atoms with van der Waals surface area (Å²) in [5, 5.41) is 12.4. The molecule has 0 heterocycles. The lowest BCUT2D eigenvalue weighted by Crippen LogP contribution is -2.33. The number of carbonyl (C=O) groups is 1. The van der Waals surface area contributed by atoms with Crippen LogP contribution in [0.25, 0.3) is 0 Å². The highest BCUT2D eigenvalue weighted by Crippen LogP contribution is 2.25. The largest absolute Gasteiger partial charge is 0.508 e. The van der Waals surface area contributed by atoms with Crippen LogP contribution in [-0.2, 0) is 17.8 Å². The Morgan fingerprint density at radius 1 is 1.08 bits per heavy atom. The summed E-state index contributed by atoms with van der Waals surface area (Å²) in [5.74, 6) is 0.175. The lowest BCUT2D eigenvalue weighted by atomic mass is 9.94. The number of benzene rings is 2. The second-order valence-corrected chi connectivity index (χ2v) is 7.26. The predicted molar refractivity (Wildman–Crippen MR) is 105 cm³/mol. The highest BCUT2D eigenvalue weighted by atomic mass is 16.3. The summed E-state index contributed by atoms with van der Waals surface area (Å²) in [4.78, 5) is 14.8. The van der Waals surface area contributed by atoms with Gasteiger partial charge in [0.15, 0.2) is 0 Å². The van der Waals surface area contributed by atoms with Crippen LogP contribution in [0.15, 0.2) is 48.5 Å². The van der Waals surface area contributed by atoms with Crippen molar-refractivity contribution < 1.29 is 9.90 Å². The van der Waals surface area contributed by atoms with E-state index in [-0.39, 0.29) is 11.7 Å². The molecule has 26 heavy (non-hydrogen) atoms. The van der Waals surface area contributed by atoms with Crippen LogP contribution in [0, 0.1) is 0 Å². The molecule has 4 nitrogen and oxygen atoms in total. The van der Waals surface area contributed by atoms with Gasteiger partial charge < -0.3 is 10.4 Å². The van der Waals surface area contributed by atoms with Crippen molar-refractivity contribution in [3.05, 3.63) is 59.7 Å². The summed E-state index contributed by atoms with van der Waals surface area (Å²) < 4.78 is 0. The number of nitrogens with zero attached hydrogens (tertiary/aromatic N) is 1. The standard InChI is InChI=1S/C22H28N2O2/c1-24(19-8-3-2-4-9-19)16-18-7-5-6-10-21(18)23-22(26)15-17-11-13-20(25)14-12-17/h5-7,10-14,19,25H,2-4,8-9,15-16H2,1H3,(H,23,26). The van der Waals surface area contributed by atoms with Crippen LogP contribution in [0.1, 0.15) is 43.2 Å².